The van der Waals surface area contributed by atoms with Gasteiger partial charge in [0, 0.05) is 11.3 Å². The molecule has 0 N–H and O–H groups in total. The molecule has 6 heteroatoms. The highest BCUT2D eigenvalue weighted by Crippen LogP contribution is 2.24. The number of ketones is 1. The molecule has 1 heterocycles. The lowest BCUT2D eigenvalue weighted by atomic mass is 10.2. The van der Waals surface area contributed by atoms with E-state index in [2.05, 4.69) is 10.1 Å². The Morgan fingerprint density at radius 1 is 1.40 bits per heavy atom. The minimum absolute atomic E-state index is 0.0875. The standard InChI is InChI=1S/C14H15FN2O2S/c1-2-5-10(18)8-14-16-13(17-19-14)9-20-12-7-4-3-6-11(12)15/h3-4,6-7H,2,5,8-9H2,1H3. The highest BCUT2D eigenvalue weighted by molar-refractivity contribution is 7.98. The number of carbonyl (C=O) groups is 1. The van der Waals surface area contributed by atoms with Crippen LogP contribution >= 0.6 is 11.8 Å². The van der Waals surface area contributed by atoms with Crippen LogP contribution in [0, 0.1) is 5.82 Å². The third-order valence-electron chi connectivity index (χ3n) is 2.58. The van der Waals surface area contributed by atoms with Crippen LogP contribution in [0.25, 0.3) is 0 Å². The molecule has 106 valence electrons. The maximum Gasteiger partial charge on any atom is 0.234 e. The van der Waals surface area contributed by atoms with Crippen molar-refractivity contribution in [2.75, 3.05) is 0 Å². The number of aromatic nitrogens is 2. The van der Waals surface area contributed by atoms with Crippen LogP contribution in [0.15, 0.2) is 33.7 Å². The molecule has 20 heavy (non-hydrogen) atoms. The van der Waals surface area contributed by atoms with Crippen molar-refractivity contribution < 1.29 is 13.7 Å². The van der Waals surface area contributed by atoms with Crippen molar-refractivity contribution in [2.24, 2.45) is 0 Å². The van der Waals surface area contributed by atoms with E-state index in [0.29, 0.717) is 28.8 Å². The average Bonchev–Trinajstić information content (AvgIpc) is 2.85. The molecule has 0 unspecified atom stereocenters. The summed E-state index contributed by atoms with van der Waals surface area (Å²) < 4.78 is 18.4. The molecule has 0 spiro atoms. The van der Waals surface area contributed by atoms with E-state index in [1.54, 1.807) is 18.2 Å². The van der Waals surface area contributed by atoms with Crippen molar-refractivity contribution in [3.05, 3.63) is 41.8 Å². The Hall–Kier alpha value is -1.69. The number of nitrogens with zero attached hydrogens (tertiary/aromatic N) is 2. The van der Waals surface area contributed by atoms with Gasteiger partial charge >= 0.3 is 0 Å². The van der Waals surface area contributed by atoms with Gasteiger partial charge in [-0.1, -0.05) is 24.2 Å². The van der Waals surface area contributed by atoms with Crippen LogP contribution in [0.5, 0.6) is 0 Å². The minimum Gasteiger partial charge on any atom is -0.339 e. The molecule has 0 atom stereocenters. The van der Waals surface area contributed by atoms with E-state index in [-0.39, 0.29) is 18.0 Å². The van der Waals surface area contributed by atoms with E-state index in [1.807, 2.05) is 6.92 Å². The van der Waals surface area contributed by atoms with Crippen LogP contribution in [0.2, 0.25) is 0 Å². The highest BCUT2D eigenvalue weighted by Gasteiger charge is 2.11. The fourth-order valence-corrected chi connectivity index (χ4v) is 2.44. The van der Waals surface area contributed by atoms with Gasteiger partial charge in [-0.15, -0.1) is 11.8 Å². The number of benzene rings is 1. The quantitative estimate of drug-likeness (QED) is 0.732. The summed E-state index contributed by atoms with van der Waals surface area (Å²) in [5.41, 5.74) is 0. The van der Waals surface area contributed by atoms with Crippen molar-refractivity contribution in [2.45, 2.75) is 36.8 Å². The molecule has 0 saturated carbocycles. The molecule has 0 bridgehead atoms. The largest absolute Gasteiger partial charge is 0.339 e. The number of hydrogen-bond donors (Lipinski definition) is 0. The van der Waals surface area contributed by atoms with Gasteiger partial charge in [-0.05, 0) is 18.6 Å². The predicted octanol–water partition coefficient (Wildman–Crippen LogP) is 3.41. The number of rotatable bonds is 7. The van der Waals surface area contributed by atoms with Crippen molar-refractivity contribution in [3.8, 4) is 0 Å². The van der Waals surface area contributed by atoms with Crippen LogP contribution in [-0.2, 0) is 17.0 Å². The number of carbonyl (C=O) groups excluding carboxylic acids is 1. The van der Waals surface area contributed by atoms with Gasteiger partial charge in [0.05, 0.1) is 12.2 Å². The first-order valence-corrected chi connectivity index (χ1v) is 7.38. The molecule has 0 saturated heterocycles. The molecule has 0 amide bonds. The highest BCUT2D eigenvalue weighted by atomic mass is 32.2. The Morgan fingerprint density at radius 2 is 2.20 bits per heavy atom. The van der Waals surface area contributed by atoms with Gasteiger partial charge in [0.2, 0.25) is 5.89 Å². The summed E-state index contributed by atoms with van der Waals surface area (Å²) in [4.78, 5) is 16.1. The Balaban J connectivity index is 1.90. The summed E-state index contributed by atoms with van der Waals surface area (Å²) in [6.45, 7) is 1.95. The number of thioether (sulfide) groups is 1. The Bertz CT molecular complexity index is 586. The van der Waals surface area contributed by atoms with Crippen molar-refractivity contribution in [1.29, 1.82) is 0 Å². The number of halogens is 1. The maximum atomic E-state index is 13.4. The smallest absolute Gasteiger partial charge is 0.234 e. The van der Waals surface area contributed by atoms with Gasteiger partial charge in [0.25, 0.3) is 0 Å². The number of Topliss-reactive ketones (excluding diaryl/α,β-unsaturated/α-hetero) is 1. The summed E-state index contributed by atoms with van der Waals surface area (Å²) in [5.74, 6) is 1.03. The minimum atomic E-state index is -0.264. The average molecular weight is 294 g/mol. The second kappa shape index (κ2) is 7.19. The molecule has 0 aliphatic rings. The lowest BCUT2D eigenvalue weighted by molar-refractivity contribution is -0.118. The van der Waals surface area contributed by atoms with Gasteiger partial charge in [-0.3, -0.25) is 4.79 Å². The number of hydrogen-bond acceptors (Lipinski definition) is 5. The van der Waals surface area contributed by atoms with E-state index in [0.717, 1.165) is 6.42 Å². The normalized spacial score (nSPS) is 10.7. The molecular formula is C14H15FN2O2S. The first-order valence-electron chi connectivity index (χ1n) is 6.39. The zero-order chi connectivity index (χ0) is 14.4. The van der Waals surface area contributed by atoms with Gasteiger partial charge in [-0.2, -0.15) is 4.98 Å². The first-order chi connectivity index (χ1) is 9.69. The Morgan fingerprint density at radius 3 is 2.95 bits per heavy atom. The molecule has 1 aromatic heterocycles. The fraction of sp³-hybridized carbons (Fsp3) is 0.357. The van der Waals surface area contributed by atoms with Gasteiger partial charge in [0.15, 0.2) is 5.82 Å². The van der Waals surface area contributed by atoms with Crippen molar-refractivity contribution in [3.63, 3.8) is 0 Å². The Kier molecular flexibility index (Phi) is 5.29. The van der Waals surface area contributed by atoms with Crippen LogP contribution in [0.3, 0.4) is 0 Å². The third kappa shape index (κ3) is 4.16. The summed E-state index contributed by atoms with van der Waals surface area (Å²) >= 11 is 1.30. The summed E-state index contributed by atoms with van der Waals surface area (Å²) in [5, 5.41) is 3.79. The van der Waals surface area contributed by atoms with Crippen molar-refractivity contribution in [1.82, 2.24) is 10.1 Å². The van der Waals surface area contributed by atoms with Crippen LogP contribution in [-0.4, -0.2) is 15.9 Å². The molecule has 0 fully saturated rings. The van der Waals surface area contributed by atoms with E-state index < -0.39 is 0 Å². The van der Waals surface area contributed by atoms with Crippen LogP contribution < -0.4 is 0 Å². The summed E-state index contributed by atoms with van der Waals surface area (Å²) in [6.07, 6.45) is 1.50. The lowest BCUT2D eigenvalue weighted by Crippen LogP contribution is -2.02. The SMILES string of the molecule is CCCC(=O)Cc1nc(CSc2ccccc2F)no1. The van der Waals surface area contributed by atoms with E-state index in [9.17, 15) is 9.18 Å². The molecular weight excluding hydrogens is 279 g/mol. The first kappa shape index (κ1) is 14.7. The van der Waals surface area contributed by atoms with E-state index >= 15 is 0 Å². The second-order valence-electron chi connectivity index (χ2n) is 4.29. The second-order valence-corrected chi connectivity index (χ2v) is 5.31. The summed E-state index contributed by atoms with van der Waals surface area (Å²) in [6, 6.07) is 6.53. The fourth-order valence-electron chi connectivity index (χ4n) is 1.66. The lowest BCUT2D eigenvalue weighted by Gasteiger charge is -1.99. The maximum absolute atomic E-state index is 13.4. The van der Waals surface area contributed by atoms with Crippen LogP contribution in [0.1, 0.15) is 31.5 Å². The van der Waals surface area contributed by atoms with Crippen LogP contribution in [0.4, 0.5) is 4.39 Å². The monoisotopic (exact) mass is 294 g/mol. The molecule has 0 radical (unpaired) electrons. The zero-order valence-corrected chi connectivity index (χ0v) is 12.0. The molecule has 0 aliphatic carbocycles. The molecule has 2 rings (SSSR count). The third-order valence-corrected chi connectivity index (χ3v) is 3.63. The Labute approximate surface area is 120 Å². The van der Waals surface area contributed by atoms with E-state index in [4.69, 9.17) is 4.52 Å². The zero-order valence-electron chi connectivity index (χ0n) is 11.1. The topological polar surface area (TPSA) is 56.0 Å². The molecule has 0 aliphatic heterocycles. The molecule has 2 aromatic rings. The predicted molar refractivity (Wildman–Crippen MR) is 73.9 cm³/mol. The van der Waals surface area contributed by atoms with Gasteiger partial charge < -0.3 is 4.52 Å². The van der Waals surface area contributed by atoms with Gasteiger partial charge in [0.1, 0.15) is 11.6 Å². The van der Waals surface area contributed by atoms with Gasteiger partial charge in [-0.25, -0.2) is 4.39 Å². The summed E-state index contributed by atoms with van der Waals surface area (Å²) in [7, 11) is 0. The van der Waals surface area contributed by atoms with E-state index in [1.165, 1.54) is 17.8 Å². The van der Waals surface area contributed by atoms with Crippen molar-refractivity contribution >= 4 is 17.5 Å². The molecule has 1 aromatic carbocycles. The molecule has 4 nitrogen and oxygen atoms in total.